The zero-order chi connectivity index (χ0) is 26.5. The van der Waals surface area contributed by atoms with Crippen molar-refractivity contribution in [2.24, 2.45) is 4.99 Å². The Labute approximate surface area is 215 Å². The number of phenols is 1. The first-order valence-electron chi connectivity index (χ1n) is 11.9. The summed E-state index contributed by atoms with van der Waals surface area (Å²) in [6, 6.07) is 9.75. The Kier molecular flexibility index (Phi) is 8.79. The van der Waals surface area contributed by atoms with Crippen molar-refractivity contribution < 1.29 is 19.1 Å². The number of guanidine groups is 1. The molecule has 10 heteroatoms. The number of carbonyl (C=O) groups excluding carboxylic acids is 2. The molecule has 5 N–H and O–H groups in total. The van der Waals surface area contributed by atoms with E-state index >= 15 is 0 Å². The maximum absolute atomic E-state index is 13.2. The summed E-state index contributed by atoms with van der Waals surface area (Å²) in [7, 11) is 0. The van der Waals surface area contributed by atoms with E-state index < -0.39 is 12.1 Å². The maximum atomic E-state index is 13.2. The molecule has 36 heavy (non-hydrogen) atoms. The minimum atomic E-state index is -1.06. The average molecular weight is 518 g/mol. The normalized spacial score (nSPS) is 16.4. The van der Waals surface area contributed by atoms with Crippen LogP contribution in [0.1, 0.15) is 61.6 Å². The minimum Gasteiger partial charge on any atom is -0.508 e. The molecule has 0 saturated carbocycles. The van der Waals surface area contributed by atoms with Gasteiger partial charge in [0.2, 0.25) is 5.91 Å². The molecule has 0 spiro atoms. The molecule has 1 aliphatic heterocycles. The van der Waals surface area contributed by atoms with Gasteiger partial charge in [-0.15, -0.1) is 0 Å². The molecule has 0 aromatic heterocycles. The lowest BCUT2D eigenvalue weighted by Crippen LogP contribution is -2.41. The number of nitrogens with zero attached hydrogens (tertiary/aromatic N) is 1. The molecule has 194 valence electrons. The van der Waals surface area contributed by atoms with Crippen LogP contribution in [-0.4, -0.2) is 48.7 Å². The van der Waals surface area contributed by atoms with Crippen LogP contribution in [0.25, 0.3) is 0 Å². The number of aromatic hydroxyl groups is 1. The Morgan fingerprint density at radius 2 is 1.97 bits per heavy atom. The molecule has 2 amide bonds. The van der Waals surface area contributed by atoms with Crippen LogP contribution in [0.4, 0.5) is 10.1 Å². The number of carbonyl (C=O) groups is 2. The van der Waals surface area contributed by atoms with Crippen LogP contribution in [0.3, 0.4) is 0 Å². The zero-order valence-electron chi connectivity index (χ0n) is 20.9. The molecular weight excluding hydrogens is 485 g/mol. The van der Waals surface area contributed by atoms with Crippen LogP contribution in [0.2, 0.25) is 5.02 Å². The number of benzene rings is 2. The lowest BCUT2D eigenvalue weighted by molar-refractivity contribution is -0.120. The number of halogens is 2. The zero-order valence-corrected chi connectivity index (χ0v) is 21.7. The molecule has 0 radical (unpaired) electrons. The van der Waals surface area contributed by atoms with Crippen molar-refractivity contribution in [3.8, 4) is 5.75 Å². The lowest BCUT2D eigenvalue weighted by Gasteiger charge is -2.24. The summed E-state index contributed by atoms with van der Waals surface area (Å²) in [5, 5.41) is 21.9. The van der Waals surface area contributed by atoms with Crippen molar-refractivity contribution in [3.05, 3.63) is 58.1 Å². The topological polar surface area (TPSA) is 115 Å². The summed E-state index contributed by atoms with van der Waals surface area (Å²) in [5.41, 5.74) is 2.42. The fourth-order valence-corrected chi connectivity index (χ4v) is 3.97. The number of phenolic OH excluding ortho intramolecular Hbond substituents is 1. The van der Waals surface area contributed by atoms with Crippen LogP contribution in [0, 0.1) is 0 Å². The fourth-order valence-electron chi connectivity index (χ4n) is 3.73. The first-order chi connectivity index (χ1) is 16.9. The van der Waals surface area contributed by atoms with E-state index in [-0.39, 0.29) is 48.3 Å². The lowest BCUT2D eigenvalue weighted by atomic mass is 9.85. The third kappa shape index (κ3) is 7.58. The summed E-state index contributed by atoms with van der Waals surface area (Å²) in [5.74, 6) is -0.678. The van der Waals surface area contributed by atoms with E-state index in [4.69, 9.17) is 11.6 Å². The van der Waals surface area contributed by atoms with Gasteiger partial charge >= 0.3 is 0 Å². The summed E-state index contributed by atoms with van der Waals surface area (Å²) >= 11 is 6.33. The highest BCUT2D eigenvalue weighted by Gasteiger charge is 2.20. The van der Waals surface area contributed by atoms with Gasteiger partial charge in [0.1, 0.15) is 11.9 Å². The second-order valence-corrected chi connectivity index (χ2v) is 10.2. The highest BCUT2D eigenvalue weighted by Crippen LogP contribution is 2.30. The SMILES string of the molecule is CCC(NC(=O)CNC(=O)c1cc(O)cc(NC2=NCC(F)CN2)c1)c1cc(Cl)cc(C(C)(C)C)c1. The molecule has 0 bridgehead atoms. The number of amides is 2. The van der Waals surface area contributed by atoms with Gasteiger partial charge in [-0.3, -0.25) is 9.59 Å². The van der Waals surface area contributed by atoms with Crippen LogP contribution >= 0.6 is 11.6 Å². The average Bonchev–Trinajstić information content (AvgIpc) is 2.81. The predicted molar refractivity (Wildman–Crippen MR) is 141 cm³/mol. The smallest absolute Gasteiger partial charge is 0.251 e. The van der Waals surface area contributed by atoms with E-state index in [0.717, 1.165) is 11.1 Å². The molecule has 2 unspecified atom stereocenters. The van der Waals surface area contributed by atoms with Gasteiger partial charge in [-0.2, -0.15) is 0 Å². The molecule has 2 aromatic rings. The van der Waals surface area contributed by atoms with Crippen molar-refractivity contribution >= 4 is 35.1 Å². The standard InChI is InChI=1S/C26H33ClFN5O3/c1-5-22(15-6-17(26(2,3)4)10-18(27)7-15)33-23(35)14-29-24(36)16-8-20(11-21(34)9-16)32-25-30-12-19(28)13-31-25/h6-11,19,22,34H,5,12-14H2,1-4H3,(H,29,36)(H,33,35)(H2,30,31,32). The van der Waals surface area contributed by atoms with Crippen molar-refractivity contribution in [1.82, 2.24) is 16.0 Å². The van der Waals surface area contributed by atoms with Crippen molar-refractivity contribution in [2.45, 2.75) is 51.7 Å². The number of anilines is 1. The van der Waals surface area contributed by atoms with Crippen molar-refractivity contribution in [3.63, 3.8) is 0 Å². The Morgan fingerprint density at radius 3 is 2.61 bits per heavy atom. The summed E-state index contributed by atoms with van der Waals surface area (Å²) in [4.78, 5) is 29.3. The van der Waals surface area contributed by atoms with Gasteiger partial charge in [-0.25, -0.2) is 9.38 Å². The molecule has 0 aliphatic carbocycles. The second-order valence-electron chi connectivity index (χ2n) is 9.80. The molecule has 3 rings (SSSR count). The van der Waals surface area contributed by atoms with E-state index in [1.165, 1.54) is 18.2 Å². The molecule has 2 aromatic carbocycles. The number of nitrogens with one attached hydrogen (secondary N) is 4. The van der Waals surface area contributed by atoms with E-state index in [1.54, 1.807) is 0 Å². The molecule has 1 heterocycles. The summed E-state index contributed by atoms with van der Waals surface area (Å²) in [6.45, 7) is 8.16. The number of alkyl halides is 1. The number of aliphatic imine (C=N–C) groups is 1. The molecule has 0 saturated heterocycles. The Balaban J connectivity index is 1.62. The number of hydrogen-bond acceptors (Lipinski definition) is 6. The Bertz CT molecular complexity index is 1150. The van der Waals surface area contributed by atoms with Gasteiger partial charge in [-0.1, -0.05) is 45.4 Å². The first kappa shape index (κ1) is 27.3. The van der Waals surface area contributed by atoms with Crippen LogP contribution in [0.5, 0.6) is 5.75 Å². The number of rotatable bonds is 7. The van der Waals surface area contributed by atoms with Crippen LogP contribution in [0.15, 0.2) is 41.4 Å². The predicted octanol–water partition coefficient (Wildman–Crippen LogP) is 4.05. The van der Waals surface area contributed by atoms with Gasteiger partial charge < -0.3 is 26.4 Å². The van der Waals surface area contributed by atoms with Gasteiger partial charge in [0.15, 0.2) is 5.96 Å². The van der Waals surface area contributed by atoms with Gasteiger partial charge in [0.05, 0.1) is 25.7 Å². The first-order valence-corrected chi connectivity index (χ1v) is 12.2. The second kappa shape index (κ2) is 11.6. The van der Waals surface area contributed by atoms with Crippen molar-refractivity contribution in [1.29, 1.82) is 0 Å². The quantitative estimate of drug-likeness (QED) is 0.380. The third-order valence-corrected chi connectivity index (χ3v) is 5.94. The van der Waals surface area contributed by atoms with E-state index in [2.05, 4.69) is 47.0 Å². The van der Waals surface area contributed by atoms with Gasteiger partial charge in [0.25, 0.3) is 5.91 Å². The summed E-state index contributed by atoms with van der Waals surface area (Å²) in [6.07, 6.45) is -0.411. The van der Waals surface area contributed by atoms with E-state index in [1.807, 2.05) is 25.1 Å². The Morgan fingerprint density at radius 1 is 1.22 bits per heavy atom. The molecular formula is C26H33ClFN5O3. The molecule has 8 nitrogen and oxygen atoms in total. The van der Waals surface area contributed by atoms with E-state index in [9.17, 15) is 19.1 Å². The molecule has 2 atom stereocenters. The summed E-state index contributed by atoms with van der Waals surface area (Å²) < 4.78 is 13.2. The van der Waals surface area contributed by atoms with Gasteiger partial charge in [-0.05, 0) is 47.2 Å². The molecule has 1 aliphatic rings. The number of hydrogen-bond donors (Lipinski definition) is 5. The third-order valence-electron chi connectivity index (χ3n) is 5.72. The van der Waals surface area contributed by atoms with E-state index in [0.29, 0.717) is 23.1 Å². The maximum Gasteiger partial charge on any atom is 0.251 e. The Hall–Kier alpha value is -3.33. The highest BCUT2D eigenvalue weighted by molar-refractivity contribution is 6.30. The van der Waals surface area contributed by atoms with Crippen molar-refractivity contribution in [2.75, 3.05) is 25.0 Å². The van der Waals surface area contributed by atoms with Crippen LogP contribution in [-0.2, 0) is 10.2 Å². The molecule has 0 fully saturated rings. The monoisotopic (exact) mass is 517 g/mol. The largest absolute Gasteiger partial charge is 0.508 e. The minimum absolute atomic E-state index is 0.0298. The van der Waals surface area contributed by atoms with Crippen LogP contribution < -0.4 is 21.3 Å². The fraction of sp³-hybridized carbons (Fsp3) is 0.423. The highest BCUT2D eigenvalue weighted by atomic mass is 35.5. The van der Waals surface area contributed by atoms with Gasteiger partial charge in [0, 0.05) is 22.3 Å².